The van der Waals surface area contributed by atoms with Crippen LogP contribution in [0.2, 0.25) is 0 Å². The van der Waals surface area contributed by atoms with E-state index < -0.39 is 6.04 Å². The number of esters is 1. The molecule has 1 aliphatic heterocycles. The zero-order valence-electron chi connectivity index (χ0n) is 17.4. The Hall–Kier alpha value is -2.86. The number of para-hydroxylation sites is 1. The lowest BCUT2D eigenvalue weighted by Crippen LogP contribution is -2.45. The van der Waals surface area contributed by atoms with Gasteiger partial charge in [-0.2, -0.15) is 0 Å². The third-order valence-electron chi connectivity index (χ3n) is 4.87. The molecule has 0 bridgehead atoms. The summed E-state index contributed by atoms with van der Waals surface area (Å²) in [6.07, 6.45) is 3.23. The quantitative estimate of drug-likeness (QED) is 0.344. The molecule has 2 aromatic rings. The molecule has 30 heavy (non-hydrogen) atoms. The average Bonchev–Trinajstić information content (AvgIpc) is 2.77. The Labute approximate surface area is 183 Å². The Morgan fingerprint density at radius 3 is 2.50 bits per heavy atom. The lowest BCUT2D eigenvalue weighted by molar-refractivity contribution is -0.138. The number of rotatable bonds is 9. The second-order valence-electron chi connectivity index (χ2n) is 7.00. The van der Waals surface area contributed by atoms with Crippen molar-refractivity contribution in [1.82, 2.24) is 10.6 Å². The average molecular weight is 425 g/mol. The molecule has 0 amide bonds. The van der Waals surface area contributed by atoms with Crippen LogP contribution in [-0.4, -0.2) is 24.3 Å². The molecule has 158 valence electrons. The van der Waals surface area contributed by atoms with Crippen LogP contribution in [0.5, 0.6) is 5.75 Å². The molecule has 2 N–H and O–H groups in total. The molecule has 0 saturated carbocycles. The third kappa shape index (κ3) is 5.19. The van der Waals surface area contributed by atoms with Gasteiger partial charge in [0, 0.05) is 5.56 Å². The van der Waals surface area contributed by atoms with Crippen LogP contribution in [0.3, 0.4) is 0 Å². The van der Waals surface area contributed by atoms with Crippen LogP contribution >= 0.6 is 12.2 Å². The molecule has 0 spiro atoms. The van der Waals surface area contributed by atoms with Crippen LogP contribution in [0.25, 0.3) is 5.70 Å². The summed E-state index contributed by atoms with van der Waals surface area (Å²) in [5, 5.41) is 6.86. The van der Waals surface area contributed by atoms with Crippen molar-refractivity contribution in [3.8, 4) is 5.75 Å². The van der Waals surface area contributed by atoms with E-state index in [9.17, 15) is 4.79 Å². The topological polar surface area (TPSA) is 59.6 Å². The number of hydrogen-bond acceptors (Lipinski definition) is 4. The van der Waals surface area contributed by atoms with Crippen molar-refractivity contribution in [2.45, 2.75) is 39.2 Å². The van der Waals surface area contributed by atoms with Gasteiger partial charge in [0.25, 0.3) is 0 Å². The van der Waals surface area contributed by atoms with E-state index >= 15 is 0 Å². The summed E-state index contributed by atoms with van der Waals surface area (Å²) >= 11 is 5.48. The molecule has 2 aromatic carbocycles. The molecule has 0 fully saturated rings. The molecule has 3 rings (SSSR count). The van der Waals surface area contributed by atoms with Crippen molar-refractivity contribution in [3.63, 3.8) is 0 Å². The molecule has 1 heterocycles. The van der Waals surface area contributed by atoms with Gasteiger partial charge < -0.3 is 20.1 Å². The first-order chi connectivity index (χ1) is 14.7. The summed E-state index contributed by atoms with van der Waals surface area (Å²) in [6, 6.07) is 17.0. The number of hydrogen-bond donors (Lipinski definition) is 2. The summed E-state index contributed by atoms with van der Waals surface area (Å²) in [7, 11) is 0. The van der Waals surface area contributed by atoms with Gasteiger partial charge in [-0.05, 0) is 37.2 Å². The summed E-state index contributed by atoms with van der Waals surface area (Å²) in [4.78, 5) is 13.0. The normalized spacial score (nSPS) is 15.9. The molecule has 1 aliphatic rings. The van der Waals surface area contributed by atoms with Crippen molar-refractivity contribution in [2.75, 3.05) is 13.2 Å². The molecule has 0 saturated heterocycles. The van der Waals surface area contributed by atoms with Gasteiger partial charge in [-0.15, -0.1) is 0 Å². The first-order valence-electron chi connectivity index (χ1n) is 10.4. The molecular formula is C24H28N2O3S. The largest absolute Gasteiger partial charge is 0.493 e. The van der Waals surface area contributed by atoms with Crippen molar-refractivity contribution in [3.05, 3.63) is 71.3 Å². The molecule has 5 nitrogen and oxygen atoms in total. The van der Waals surface area contributed by atoms with Crippen molar-refractivity contribution >= 4 is 29.0 Å². The Morgan fingerprint density at radius 2 is 1.77 bits per heavy atom. The van der Waals surface area contributed by atoms with E-state index in [0.29, 0.717) is 23.0 Å². The van der Waals surface area contributed by atoms with E-state index in [1.165, 1.54) is 0 Å². The first-order valence-corrected chi connectivity index (χ1v) is 10.8. The van der Waals surface area contributed by atoms with Gasteiger partial charge in [0.15, 0.2) is 5.11 Å². The number of unbranched alkanes of at least 4 members (excludes halogenated alkanes) is 2. The van der Waals surface area contributed by atoms with E-state index in [4.69, 9.17) is 21.7 Å². The van der Waals surface area contributed by atoms with E-state index in [-0.39, 0.29) is 12.6 Å². The molecule has 0 radical (unpaired) electrons. The summed E-state index contributed by atoms with van der Waals surface area (Å²) in [5.74, 6) is 0.356. The minimum absolute atomic E-state index is 0.288. The minimum Gasteiger partial charge on any atom is -0.493 e. The maximum absolute atomic E-state index is 13.0. The fourth-order valence-electron chi connectivity index (χ4n) is 3.44. The number of nitrogens with one attached hydrogen (secondary N) is 2. The summed E-state index contributed by atoms with van der Waals surface area (Å²) in [6.45, 7) is 4.88. The van der Waals surface area contributed by atoms with Crippen LogP contribution in [0.15, 0.2) is 60.2 Å². The van der Waals surface area contributed by atoms with E-state index in [1.807, 2.05) is 54.6 Å². The molecule has 1 atom stereocenters. The van der Waals surface area contributed by atoms with E-state index in [2.05, 4.69) is 17.6 Å². The van der Waals surface area contributed by atoms with Gasteiger partial charge in [0.05, 0.1) is 30.5 Å². The van der Waals surface area contributed by atoms with Gasteiger partial charge in [-0.3, -0.25) is 0 Å². The lowest BCUT2D eigenvalue weighted by atomic mass is 9.92. The predicted molar refractivity (Wildman–Crippen MR) is 123 cm³/mol. The highest BCUT2D eigenvalue weighted by Crippen LogP contribution is 2.36. The maximum atomic E-state index is 13.0. The zero-order valence-corrected chi connectivity index (χ0v) is 18.3. The van der Waals surface area contributed by atoms with Crippen LogP contribution in [0.4, 0.5) is 0 Å². The maximum Gasteiger partial charge on any atom is 0.338 e. The van der Waals surface area contributed by atoms with Gasteiger partial charge in [-0.1, -0.05) is 68.3 Å². The second kappa shape index (κ2) is 10.8. The van der Waals surface area contributed by atoms with E-state index in [1.54, 1.807) is 6.92 Å². The van der Waals surface area contributed by atoms with Gasteiger partial charge >= 0.3 is 5.97 Å². The number of ether oxygens (including phenoxy) is 2. The van der Waals surface area contributed by atoms with Crippen molar-refractivity contribution in [1.29, 1.82) is 0 Å². The second-order valence-corrected chi connectivity index (χ2v) is 7.41. The Balaban J connectivity index is 2.06. The highest BCUT2D eigenvalue weighted by molar-refractivity contribution is 7.80. The Kier molecular flexibility index (Phi) is 7.85. The Morgan fingerprint density at radius 1 is 1.03 bits per heavy atom. The number of benzene rings is 2. The highest BCUT2D eigenvalue weighted by atomic mass is 32.1. The lowest BCUT2D eigenvalue weighted by Gasteiger charge is -2.32. The molecule has 0 aromatic heterocycles. The molecule has 6 heteroatoms. The smallest absolute Gasteiger partial charge is 0.338 e. The van der Waals surface area contributed by atoms with Crippen LogP contribution in [-0.2, 0) is 9.53 Å². The SMILES string of the molecule is CCCCCOc1ccccc1C1NC(=S)NC(c2ccccc2)=C1C(=O)OCC. The fourth-order valence-corrected chi connectivity index (χ4v) is 3.66. The van der Waals surface area contributed by atoms with E-state index in [0.717, 1.165) is 36.1 Å². The predicted octanol–water partition coefficient (Wildman–Crippen LogP) is 4.75. The number of thiocarbonyl (C=S) groups is 1. The highest BCUT2D eigenvalue weighted by Gasteiger charge is 2.34. The first kappa shape index (κ1) is 21.8. The third-order valence-corrected chi connectivity index (χ3v) is 5.09. The van der Waals surface area contributed by atoms with Gasteiger partial charge in [0.1, 0.15) is 5.75 Å². The number of carbonyl (C=O) groups excluding carboxylic acids is 1. The Bertz CT molecular complexity index is 912. The zero-order chi connectivity index (χ0) is 21.3. The van der Waals surface area contributed by atoms with Crippen molar-refractivity contribution < 1.29 is 14.3 Å². The molecule has 0 aliphatic carbocycles. The number of carbonyl (C=O) groups is 1. The van der Waals surface area contributed by atoms with Gasteiger partial charge in [-0.25, -0.2) is 4.79 Å². The molecule has 1 unspecified atom stereocenters. The summed E-state index contributed by atoms with van der Waals surface area (Å²) < 4.78 is 11.5. The van der Waals surface area contributed by atoms with Gasteiger partial charge in [0.2, 0.25) is 0 Å². The van der Waals surface area contributed by atoms with Crippen LogP contribution in [0.1, 0.15) is 50.3 Å². The van der Waals surface area contributed by atoms with Crippen LogP contribution < -0.4 is 15.4 Å². The molecular weight excluding hydrogens is 396 g/mol. The van der Waals surface area contributed by atoms with Crippen molar-refractivity contribution in [2.24, 2.45) is 0 Å². The fraction of sp³-hybridized carbons (Fsp3) is 0.333. The minimum atomic E-state index is -0.476. The monoisotopic (exact) mass is 424 g/mol. The van der Waals surface area contributed by atoms with Crippen LogP contribution in [0, 0.1) is 0 Å². The summed E-state index contributed by atoms with van der Waals surface area (Å²) in [5.41, 5.74) is 2.87. The standard InChI is InChI=1S/C24H28N2O3S/c1-3-5-11-16-29-19-15-10-9-14-18(19)22-20(23(27)28-4-2)21(25-24(30)26-22)17-12-7-6-8-13-17/h6-10,12-15,22H,3-5,11,16H2,1-2H3,(H2,25,26,30).